The van der Waals surface area contributed by atoms with Crippen LogP contribution in [0.3, 0.4) is 0 Å². The zero-order chi connectivity index (χ0) is 18.1. The summed E-state index contributed by atoms with van der Waals surface area (Å²) in [6.45, 7) is 0.00360. The predicted molar refractivity (Wildman–Crippen MR) is 89.1 cm³/mol. The first-order chi connectivity index (χ1) is 11.1. The molecule has 2 atom stereocenters. The monoisotopic (exact) mass is 417 g/mol. The molecule has 0 aromatic heterocycles. The van der Waals surface area contributed by atoms with E-state index in [-0.39, 0.29) is 19.4 Å². The number of rotatable bonds is 6. The van der Waals surface area contributed by atoms with Crippen LogP contribution in [0.1, 0.15) is 24.4 Å². The molecular formula is C15H16BrNO6S. The Morgan fingerprint density at radius 1 is 1.25 bits per heavy atom. The topological polar surface area (TPSA) is 109 Å². The van der Waals surface area contributed by atoms with Gasteiger partial charge in [-0.3, -0.25) is 14.4 Å². The van der Waals surface area contributed by atoms with Crippen LogP contribution >= 0.6 is 15.9 Å². The Morgan fingerprint density at radius 2 is 1.83 bits per heavy atom. The van der Waals surface area contributed by atoms with E-state index in [1.54, 1.807) is 24.3 Å². The van der Waals surface area contributed by atoms with Crippen molar-refractivity contribution < 1.29 is 27.9 Å². The van der Waals surface area contributed by atoms with Gasteiger partial charge in [0.1, 0.15) is 0 Å². The number of likely N-dealkylation sites (tertiary alicyclic amines) is 1. The molecule has 1 fully saturated rings. The highest BCUT2D eigenvalue weighted by Gasteiger charge is 2.52. The molecule has 1 aromatic carbocycles. The molecule has 1 aliphatic heterocycles. The minimum atomic E-state index is -3.81. The minimum absolute atomic E-state index is 0.00360. The zero-order valence-corrected chi connectivity index (χ0v) is 15.2. The second-order valence-electron chi connectivity index (χ2n) is 5.61. The SMILES string of the molecule is CS(=O)(=O)[C@H]1C(=O)C(=O)N(CCCC(=O)O)[C@H]1c1ccc(Br)cc1. The summed E-state index contributed by atoms with van der Waals surface area (Å²) >= 11 is 3.27. The summed E-state index contributed by atoms with van der Waals surface area (Å²) in [6, 6.07) is 5.72. The first-order valence-electron chi connectivity index (χ1n) is 7.14. The number of amides is 1. The van der Waals surface area contributed by atoms with Crippen molar-refractivity contribution in [2.24, 2.45) is 0 Å². The highest BCUT2D eigenvalue weighted by atomic mass is 79.9. The second-order valence-corrected chi connectivity index (χ2v) is 8.69. The quantitative estimate of drug-likeness (QED) is 0.695. The standard InChI is InChI=1S/C15H16BrNO6S/c1-24(22,23)14-12(9-4-6-10(16)7-5-9)17(15(21)13(14)20)8-2-3-11(18)19/h4-7,12,14H,2-3,8H2,1H3,(H,18,19)/t12-,14+/m0/s1. The summed E-state index contributed by atoms with van der Waals surface area (Å²) in [4.78, 5) is 36.3. The number of ketones is 1. The maximum atomic E-state index is 12.2. The van der Waals surface area contributed by atoms with Crippen molar-refractivity contribution in [1.82, 2.24) is 4.90 Å². The molecule has 0 unspecified atom stereocenters. The van der Waals surface area contributed by atoms with Crippen LogP contribution in [0.4, 0.5) is 0 Å². The Morgan fingerprint density at radius 3 is 2.33 bits per heavy atom. The fourth-order valence-corrected chi connectivity index (χ4v) is 4.31. The fourth-order valence-electron chi connectivity index (χ4n) is 2.78. The third kappa shape index (κ3) is 3.84. The van der Waals surface area contributed by atoms with Crippen molar-refractivity contribution in [1.29, 1.82) is 0 Å². The molecule has 2 rings (SSSR count). The minimum Gasteiger partial charge on any atom is -0.481 e. The van der Waals surface area contributed by atoms with Crippen LogP contribution < -0.4 is 0 Å². The molecule has 1 aromatic rings. The van der Waals surface area contributed by atoms with Crippen LogP contribution in [0, 0.1) is 0 Å². The van der Waals surface area contributed by atoms with Crippen LogP contribution in [0.25, 0.3) is 0 Å². The Balaban J connectivity index is 2.42. The molecule has 0 aliphatic carbocycles. The third-order valence-corrected chi connectivity index (χ3v) is 5.74. The van der Waals surface area contributed by atoms with E-state index >= 15 is 0 Å². The van der Waals surface area contributed by atoms with Crippen LogP contribution in [0.15, 0.2) is 28.7 Å². The van der Waals surface area contributed by atoms with Crippen LogP contribution in [0.5, 0.6) is 0 Å². The van der Waals surface area contributed by atoms with Gasteiger partial charge in [-0.25, -0.2) is 8.42 Å². The van der Waals surface area contributed by atoms with Gasteiger partial charge in [0, 0.05) is 23.7 Å². The van der Waals surface area contributed by atoms with Crippen LogP contribution in [-0.4, -0.2) is 54.1 Å². The van der Waals surface area contributed by atoms with Gasteiger partial charge < -0.3 is 10.0 Å². The smallest absolute Gasteiger partial charge is 0.303 e. The van der Waals surface area contributed by atoms with Gasteiger partial charge in [0.05, 0.1) is 6.04 Å². The number of carbonyl (C=O) groups is 3. The summed E-state index contributed by atoms with van der Waals surface area (Å²) in [7, 11) is -3.81. The van der Waals surface area contributed by atoms with Crippen molar-refractivity contribution in [3.05, 3.63) is 34.3 Å². The number of sulfone groups is 1. The molecule has 0 saturated carbocycles. The van der Waals surface area contributed by atoms with Gasteiger partial charge >= 0.3 is 5.97 Å². The van der Waals surface area contributed by atoms with Gasteiger partial charge in [-0.1, -0.05) is 28.1 Å². The average molecular weight is 418 g/mol. The van der Waals surface area contributed by atoms with Gasteiger partial charge in [0.2, 0.25) is 5.78 Å². The largest absolute Gasteiger partial charge is 0.481 e. The molecule has 0 radical (unpaired) electrons. The maximum absolute atomic E-state index is 12.2. The van der Waals surface area contributed by atoms with E-state index in [2.05, 4.69) is 15.9 Å². The normalized spacial score (nSPS) is 21.3. The van der Waals surface area contributed by atoms with E-state index in [0.29, 0.717) is 5.56 Å². The Kier molecular flexibility index (Phi) is 5.44. The molecule has 1 heterocycles. The second kappa shape index (κ2) is 7.02. The third-order valence-electron chi connectivity index (χ3n) is 3.82. The number of benzene rings is 1. The van der Waals surface area contributed by atoms with Crippen molar-refractivity contribution in [2.75, 3.05) is 12.8 Å². The number of halogens is 1. The van der Waals surface area contributed by atoms with E-state index in [1.807, 2.05) is 0 Å². The number of hydrogen-bond donors (Lipinski definition) is 1. The first kappa shape index (κ1) is 18.6. The molecule has 0 bridgehead atoms. The highest BCUT2D eigenvalue weighted by Crippen LogP contribution is 2.36. The van der Waals surface area contributed by atoms with E-state index in [9.17, 15) is 22.8 Å². The molecule has 9 heteroatoms. The van der Waals surface area contributed by atoms with Gasteiger partial charge in [0.25, 0.3) is 5.91 Å². The lowest BCUT2D eigenvalue weighted by molar-refractivity contribution is -0.141. The Labute approximate surface area is 147 Å². The number of Topliss-reactive ketones (excluding diaryl/α,β-unsaturated/α-hetero) is 1. The van der Waals surface area contributed by atoms with Crippen molar-refractivity contribution >= 4 is 43.4 Å². The van der Waals surface area contributed by atoms with Gasteiger partial charge in [-0.2, -0.15) is 0 Å². The lowest BCUT2D eigenvalue weighted by atomic mass is 10.0. The average Bonchev–Trinajstić information content (AvgIpc) is 2.72. The number of carbonyl (C=O) groups excluding carboxylic acids is 2. The summed E-state index contributed by atoms with van der Waals surface area (Å²) in [5.74, 6) is -2.88. The first-order valence-corrected chi connectivity index (χ1v) is 9.88. The van der Waals surface area contributed by atoms with Gasteiger partial charge in [-0.15, -0.1) is 0 Å². The van der Waals surface area contributed by atoms with Crippen LogP contribution in [-0.2, 0) is 24.2 Å². The molecule has 1 amide bonds. The fraction of sp³-hybridized carbons (Fsp3) is 0.400. The van der Waals surface area contributed by atoms with Crippen molar-refractivity contribution in [2.45, 2.75) is 24.1 Å². The lowest BCUT2D eigenvalue weighted by Gasteiger charge is -2.26. The molecule has 130 valence electrons. The summed E-state index contributed by atoms with van der Waals surface area (Å²) in [6.07, 6.45) is 0.891. The zero-order valence-electron chi connectivity index (χ0n) is 12.8. The van der Waals surface area contributed by atoms with Crippen molar-refractivity contribution in [3.63, 3.8) is 0 Å². The molecule has 0 spiro atoms. The number of carboxylic acid groups (broad SMARTS) is 1. The summed E-state index contributed by atoms with van der Waals surface area (Å²) < 4.78 is 24.9. The van der Waals surface area contributed by atoms with Crippen LogP contribution in [0.2, 0.25) is 0 Å². The predicted octanol–water partition coefficient (Wildman–Crippen LogP) is 1.18. The van der Waals surface area contributed by atoms with E-state index in [1.165, 1.54) is 4.90 Å². The van der Waals surface area contributed by atoms with Crippen molar-refractivity contribution in [3.8, 4) is 0 Å². The van der Waals surface area contributed by atoms with E-state index in [0.717, 1.165) is 10.7 Å². The summed E-state index contributed by atoms with van der Waals surface area (Å²) in [5, 5.41) is 7.25. The van der Waals surface area contributed by atoms with E-state index in [4.69, 9.17) is 5.11 Å². The Bertz CT molecular complexity index is 774. The number of hydrogen-bond acceptors (Lipinski definition) is 5. The number of carboxylic acids is 1. The van der Waals surface area contributed by atoms with Gasteiger partial charge in [0.15, 0.2) is 15.1 Å². The lowest BCUT2D eigenvalue weighted by Crippen LogP contribution is -2.34. The molecular weight excluding hydrogens is 402 g/mol. The summed E-state index contributed by atoms with van der Waals surface area (Å²) in [5.41, 5.74) is 0.517. The molecule has 24 heavy (non-hydrogen) atoms. The van der Waals surface area contributed by atoms with E-state index < -0.39 is 38.8 Å². The number of nitrogens with zero attached hydrogens (tertiary/aromatic N) is 1. The molecule has 1 N–H and O–H groups in total. The van der Waals surface area contributed by atoms with Gasteiger partial charge in [-0.05, 0) is 24.1 Å². The molecule has 7 nitrogen and oxygen atoms in total. The highest BCUT2D eigenvalue weighted by molar-refractivity contribution is 9.10. The maximum Gasteiger partial charge on any atom is 0.303 e. The number of aliphatic carboxylic acids is 1. The Hall–Kier alpha value is -1.74. The molecule has 1 saturated heterocycles. The molecule has 1 aliphatic rings.